The van der Waals surface area contributed by atoms with Gasteiger partial charge in [-0.3, -0.25) is 0 Å². The quantitative estimate of drug-likeness (QED) is 0.767. The van der Waals surface area contributed by atoms with Crippen LogP contribution in [0.25, 0.3) is 0 Å². The molecule has 1 fully saturated rings. The van der Waals surface area contributed by atoms with Gasteiger partial charge in [0, 0.05) is 19.3 Å². The van der Waals surface area contributed by atoms with Gasteiger partial charge < -0.3 is 14.8 Å². The van der Waals surface area contributed by atoms with E-state index in [-0.39, 0.29) is 0 Å². The summed E-state index contributed by atoms with van der Waals surface area (Å²) >= 11 is 0. The predicted molar refractivity (Wildman–Crippen MR) is 59.7 cm³/mol. The molecule has 0 spiro atoms. The average molecular weight is 211 g/mol. The average Bonchev–Trinajstić information content (AvgIpc) is 2.80. The maximum Gasteiger partial charge on any atom is 0.0876 e. The van der Waals surface area contributed by atoms with Crippen molar-refractivity contribution in [2.45, 2.75) is 31.7 Å². The minimum absolute atomic E-state index is 0.483. The van der Waals surface area contributed by atoms with Crippen LogP contribution in [-0.4, -0.2) is 32.9 Å². The van der Waals surface area contributed by atoms with E-state index >= 15 is 0 Å². The highest BCUT2D eigenvalue weighted by Crippen LogP contribution is 2.24. The second-order valence-electron chi connectivity index (χ2n) is 4.47. The minimum atomic E-state index is 0.483. The van der Waals surface area contributed by atoms with Gasteiger partial charge in [0.05, 0.1) is 12.9 Å². The van der Waals surface area contributed by atoms with Crippen molar-refractivity contribution in [2.24, 2.45) is 5.92 Å². The van der Waals surface area contributed by atoms with Crippen molar-refractivity contribution in [2.75, 3.05) is 26.9 Å². The second-order valence-corrected chi connectivity index (χ2v) is 4.47. The molecule has 0 amide bonds. The van der Waals surface area contributed by atoms with Crippen molar-refractivity contribution in [1.82, 2.24) is 5.32 Å². The lowest BCUT2D eigenvalue weighted by atomic mass is 9.92. The van der Waals surface area contributed by atoms with Gasteiger partial charge >= 0.3 is 0 Å². The van der Waals surface area contributed by atoms with Gasteiger partial charge in [0.1, 0.15) is 0 Å². The van der Waals surface area contributed by atoms with E-state index in [4.69, 9.17) is 9.47 Å². The topological polar surface area (TPSA) is 30.5 Å². The highest BCUT2D eigenvalue weighted by atomic mass is 16.5. The number of rotatable bonds is 4. The van der Waals surface area contributed by atoms with E-state index in [2.05, 4.69) is 5.32 Å². The summed E-state index contributed by atoms with van der Waals surface area (Å²) in [6, 6.07) is 0.483. The van der Waals surface area contributed by atoms with Crippen LogP contribution < -0.4 is 5.32 Å². The van der Waals surface area contributed by atoms with Gasteiger partial charge in [-0.15, -0.1) is 0 Å². The molecule has 1 saturated heterocycles. The van der Waals surface area contributed by atoms with Gasteiger partial charge in [0.15, 0.2) is 0 Å². The van der Waals surface area contributed by atoms with Crippen molar-refractivity contribution in [3.05, 3.63) is 11.8 Å². The minimum Gasteiger partial charge on any atom is -0.501 e. The van der Waals surface area contributed by atoms with Crippen LogP contribution >= 0.6 is 0 Å². The van der Waals surface area contributed by atoms with Crippen molar-refractivity contribution >= 4 is 0 Å². The normalized spacial score (nSPS) is 28.3. The van der Waals surface area contributed by atoms with Crippen molar-refractivity contribution in [3.63, 3.8) is 0 Å². The zero-order valence-corrected chi connectivity index (χ0v) is 9.50. The van der Waals surface area contributed by atoms with E-state index in [9.17, 15) is 0 Å². The molecule has 3 heteroatoms. The number of nitrogens with one attached hydrogen (secondary N) is 1. The molecule has 2 aliphatic heterocycles. The van der Waals surface area contributed by atoms with E-state index in [1.54, 1.807) is 0 Å². The van der Waals surface area contributed by atoms with Gasteiger partial charge in [-0.25, -0.2) is 0 Å². The smallest absolute Gasteiger partial charge is 0.0876 e. The molecule has 0 aliphatic carbocycles. The molecule has 0 aromatic carbocycles. The summed E-state index contributed by atoms with van der Waals surface area (Å²) < 4.78 is 10.8. The summed E-state index contributed by atoms with van der Waals surface area (Å²) in [5, 5.41) is 3.39. The van der Waals surface area contributed by atoms with E-state index < -0.39 is 0 Å². The van der Waals surface area contributed by atoms with E-state index in [1.165, 1.54) is 24.8 Å². The lowest BCUT2D eigenvalue weighted by Gasteiger charge is -2.24. The van der Waals surface area contributed by atoms with Crippen LogP contribution in [0.5, 0.6) is 0 Å². The van der Waals surface area contributed by atoms with Crippen LogP contribution in [0.3, 0.4) is 0 Å². The van der Waals surface area contributed by atoms with Gasteiger partial charge in [0.2, 0.25) is 0 Å². The summed E-state index contributed by atoms with van der Waals surface area (Å²) in [5.74, 6) is 0.727. The van der Waals surface area contributed by atoms with Crippen LogP contribution in [0.15, 0.2) is 11.8 Å². The Morgan fingerprint density at radius 3 is 3.07 bits per heavy atom. The molecule has 1 N–H and O–H groups in total. The standard InChI is InChI=1S/C12H21NO2/c1-13-12(7-10-4-6-15-8-10)11-3-2-5-14-9-11/h9-10,12-13H,2-8H2,1H3. The first-order valence-corrected chi connectivity index (χ1v) is 5.95. The third-order valence-electron chi connectivity index (χ3n) is 3.35. The van der Waals surface area contributed by atoms with Crippen molar-refractivity contribution in [1.29, 1.82) is 0 Å². The van der Waals surface area contributed by atoms with Gasteiger partial charge in [-0.05, 0) is 44.2 Å². The predicted octanol–water partition coefficient (Wildman–Crippen LogP) is 1.70. The summed E-state index contributed by atoms with van der Waals surface area (Å²) in [5.41, 5.74) is 1.43. The van der Waals surface area contributed by atoms with E-state index in [1.807, 2.05) is 13.3 Å². The van der Waals surface area contributed by atoms with Crippen LogP contribution in [0.2, 0.25) is 0 Å². The Hall–Kier alpha value is -0.540. The Kier molecular flexibility index (Phi) is 4.03. The van der Waals surface area contributed by atoms with Crippen molar-refractivity contribution in [3.8, 4) is 0 Å². The summed E-state index contributed by atoms with van der Waals surface area (Å²) in [4.78, 5) is 0. The Morgan fingerprint density at radius 1 is 1.53 bits per heavy atom. The molecule has 2 atom stereocenters. The fourth-order valence-corrected chi connectivity index (χ4v) is 2.40. The summed E-state index contributed by atoms with van der Waals surface area (Å²) in [7, 11) is 2.04. The monoisotopic (exact) mass is 211 g/mol. The number of likely N-dealkylation sites (N-methyl/N-ethyl adjacent to an activating group) is 1. The van der Waals surface area contributed by atoms with Gasteiger partial charge in [-0.1, -0.05) is 0 Å². The first-order chi connectivity index (χ1) is 7.40. The molecule has 0 bridgehead atoms. The SMILES string of the molecule is CNC(CC1CCOC1)C1=COCCC1. The summed E-state index contributed by atoms with van der Waals surface area (Å²) in [6.07, 6.45) is 6.70. The summed E-state index contributed by atoms with van der Waals surface area (Å²) in [6.45, 7) is 2.76. The van der Waals surface area contributed by atoms with Crippen molar-refractivity contribution < 1.29 is 9.47 Å². The molecule has 0 aromatic rings. The molecular weight excluding hydrogens is 190 g/mol. The van der Waals surface area contributed by atoms with Crippen LogP contribution in [0, 0.1) is 5.92 Å². The second kappa shape index (κ2) is 5.52. The number of hydrogen-bond donors (Lipinski definition) is 1. The molecule has 0 saturated carbocycles. The molecular formula is C12H21NO2. The fraction of sp³-hybridized carbons (Fsp3) is 0.833. The molecule has 3 nitrogen and oxygen atoms in total. The lowest BCUT2D eigenvalue weighted by molar-refractivity contribution is 0.181. The largest absolute Gasteiger partial charge is 0.501 e. The Morgan fingerprint density at radius 2 is 2.47 bits per heavy atom. The maximum atomic E-state index is 5.41. The molecule has 15 heavy (non-hydrogen) atoms. The van der Waals surface area contributed by atoms with Crippen LogP contribution in [0.4, 0.5) is 0 Å². The fourth-order valence-electron chi connectivity index (χ4n) is 2.40. The number of ether oxygens (including phenoxy) is 2. The zero-order valence-electron chi connectivity index (χ0n) is 9.50. The number of hydrogen-bond acceptors (Lipinski definition) is 3. The van der Waals surface area contributed by atoms with Crippen LogP contribution in [-0.2, 0) is 9.47 Å². The molecule has 2 unspecified atom stereocenters. The Bertz CT molecular complexity index is 222. The molecule has 0 radical (unpaired) electrons. The van der Waals surface area contributed by atoms with Crippen LogP contribution in [0.1, 0.15) is 25.7 Å². The lowest BCUT2D eigenvalue weighted by Crippen LogP contribution is -2.31. The first-order valence-electron chi connectivity index (χ1n) is 5.95. The molecule has 0 aromatic heterocycles. The van der Waals surface area contributed by atoms with E-state index in [0.29, 0.717) is 6.04 Å². The molecule has 2 heterocycles. The Balaban J connectivity index is 1.87. The third-order valence-corrected chi connectivity index (χ3v) is 3.35. The molecule has 2 aliphatic rings. The molecule has 2 rings (SSSR count). The van der Waals surface area contributed by atoms with Gasteiger partial charge in [-0.2, -0.15) is 0 Å². The van der Waals surface area contributed by atoms with E-state index in [0.717, 1.165) is 32.2 Å². The molecule has 86 valence electrons. The maximum absolute atomic E-state index is 5.41. The van der Waals surface area contributed by atoms with Gasteiger partial charge in [0.25, 0.3) is 0 Å². The Labute approximate surface area is 91.8 Å². The first kappa shape index (κ1) is 11.0. The highest BCUT2D eigenvalue weighted by molar-refractivity contribution is 5.10. The third kappa shape index (κ3) is 2.95. The highest BCUT2D eigenvalue weighted by Gasteiger charge is 2.23. The zero-order chi connectivity index (χ0) is 10.5.